The molecule has 1 aromatic carbocycles. The molecule has 186 valence electrons. The molecule has 3 heterocycles. The van der Waals surface area contributed by atoms with Gasteiger partial charge in [0, 0.05) is 18.2 Å². The third-order valence-corrected chi connectivity index (χ3v) is 8.22. The predicted molar refractivity (Wildman–Crippen MR) is 115 cm³/mol. The van der Waals surface area contributed by atoms with Crippen molar-refractivity contribution in [2.24, 2.45) is 17.3 Å². The monoisotopic (exact) mass is 481 g/mol. The first kappa shape index (κ1) is 23.4. The molecule has 5 rings (SSSR count). The summed E-state index contributed by atoms with van der Waals surface area (Å²) in [4.78, 5) is 35.1. The van der Waals surface area contributed by atoms with E-state index in [0.717, 1.165) is 31.5 Å². The van der Waals surface area contributed by atoms with Crippen molar-refractivity contribution < 1.29 is 32.3 Å². The molecule has 3 fully saturated rings. The number of rotatable bonds is 3. The Hall–Kier alpha value is -2.33. The Labute approximate surface area is 196 Å². The van der Waals surface area contributed by atoms with E-state index in [4.69, 9.17) is 9.57 Å². The minimum Gasteiger partial charge on any atom is -0.473 e. The molecular weight excluding hydrogens is 451 g/mol. The van der Waals surface area contributed by atoms with Crippen molar-refractivity contribution in [1.29, 1.82) is 0 Å². The fourth-order valence-electron chi connectivity index (χ4n) is 6.09. The van der Waals surface area contributed by atoms with Crippen LogP contribution in [-0.4, -0.2) is 53.6 Å². The lowest BCUT2D eigenvalue weighted by atomic mass is 9.74. The lowest BCUT2D eigenvalue weighted by Gasteiger charge is -2.41. The first-order valence-corrected chi connectivity index (χ1v) is 11.9. The summed E-state index contributed by atoms with van der Waals surface area (Å²) in [5, 5.41) is 0. The number of fused-ring (bicyclic) bond motifs is 2. The highest BCUT2D eigenvalue weighted by Crippen LogP contribution is 2.49. The van der Waals surface area contributed by atoms with Gasteiger partial charge >= 0.3 is 6.18 Å². The van der Waals surface area contributed by atoms with Crippen LogP contribution in [0.25, 0.3) is 0 Å². The van der Waals surface area contributed by atoms with Crippen LogP contribution in [0.4, 0.5) is 13.2 Å². The van der Waals surface area contributed by atoms with Crippen molar-refractivity contribution in [1.82, 2.24) is 15.3 Å². The molecule has 2 amide bonds. The van der Waals surface area contributed by atoms with E-state index in [1.165, 1.54) is 6.07 Å². The van der Waals surface area contributed by atoms with Gasteiger partial charge in [-0.15, -0.1) is 0 Å². The summed E-state index contributed by atoms with van der Waals surface area (Å²) in [5.74, 6) is 0.235. The molecular formula is C24H30F3N3O4. The summed E-state index contributed by atoms with van der Waals surface area (Å²) >= 11 is 0. The standard InChI is InChI=1S/C24H30F3N3O4/c1-14(2)23(7-5-17(10-23)29-8-6-18-20(12-29)34-28-21(18)31)22(32)30-11-15-9-16(24(25,26)27)3-4-19(15)33-13-30/h3-4,9,14,17-18,20H,5-8,10-13H2,1-2H3,(H,28,31)/t17-,18?,20?,23+/m1/s1. The SMILES string of the molecule is CC(C)[C@]1(C(=O)N2COc3ccc(C(F)(F)F)cc3C2)CC[C@@H](N2CCC3C(=O)NOC3C2)C1. The van der Waals surface area contributed by atoms with Gasteiger partial charge in [-0.3, -0.25) is 19.3 Å². The molecule has 0 spiro atoms. The Kier molecular flexibility index (Phi) is 5.79. The lowest BCUT2D eigenvalue weighted by Crippen LogP contribution is -2.50. The number of halogens is 3. The summed E-state index contributed by atoms with van der Waals surface area (Å²) < 4.78 is 45.3. The minimum atomic E-state index is -4.45. The number of piperidine rings is 1. The summed E-state index contributed by atoms with van der Waals surface area (Å²) in [7, 11) is 0. The lowest BCUT2D eigenvalue weighted by molar-refractivity contribution is -0.150. The van der Waals surface area contributed by atoms with E-state index in [1.807, 2.05) is 13.8 Å². The van der Waals surface area contributed by atoms with Crippen molar-refractivity contribution in [2.75, 3.05) is 19.8 Å². The second kappa shape index (κ2) is 8.41. The van der Waals surface area contributed by atoms with Crippen LogP contribution in [-0.2, 0) is 27.1 Å². The summed E-state index contributed by atoms with van der Waals surface area (Å²) in [5.41, 5.74) is 1.51. The van der Waals surface area contributed by atoms with E-state index in [1.54, 1.807) is 4.90 Å². The third-order valence-electron chi connectivity index (χ3n) is 8.22. The first-order valence-electron chi connectivity index (χ1n) is 11.9. The van der Waals surface area contributed by atoms with Crippen LogP contribution in [0.2, 0.25) is 0 Å². The Morgan fingerprint density at radius 2 is 2.06 bits per heavy atom. The van der Waals surface area contributed by atoms with Gasteiger partial charge in [-0.05, 0) is 56.3 Å². The van der Waals surface area contributed by atoms with E-state index < -0.39 is 17.2 Å². The Balaban J connectivity index is 1.31. The highest BCUT2D eigenvalue weighted by molar-refractivity contribution is 5.84. The Morgan fingerprint density at radius 3 is 2.79 bits per heavy atom. The Bertz CT molecular complexity index is 985. The maximum absolute atomic E-state index is 13.8. The fourth-order valence-corrected chi connectivity index (χ4v) is 6.09. The van der Waals surface area contributed by atoms with E-state index in [9.17, 15) is 22.8 Å². The zero-order valence-corrected chi connectivity index (χ0v) is 19.4. The van der Waals surface area contributed by atoms with Crippen molar-refractivity contribution in [3.8, 4) is 5.75 Å². The van der Waals surface area contributed by atoms with Gasteiger partial charge < -0.3 is 9.64 Å². The average Bonchev–Trinajstić information content (AvgIpc) is 3.42. The number of likely N-dealkylation sites (tertiary alicyclic amines) is 1. The maximum Gasteiger partial charge on any atom is 0.416 e. The van der Waals surface area contributed by atoms with Gasteiger partial charge in [0.1, 0.15) is 11.9 Å². The number of hydrogen-bond donors (Lipinski definition) is 1. The van der Waals surface area contributed by atoms with Gasteiger partial charge in [0.25, 0.3) is 0 Å². The molecule has 7 nitrogen and oxygen atoms in total. The number of carbonyl (C=O) groups excluding carboxylic acids is 2. The highest BCUT2D eigenvalue weighted by Gasteiger charge is 2.52. The van der Waals surface area contributed by atoms with E-state index >= 15 is 0 Å². The number of alkyl halides is 3. The highest BCUT2D eigenvalue weighted by atomic mass is 19.4. The van der Waals surface area contributed by atoms with Crippen LogP contribution in [0.15, 0.2) is 18.2 Å². The molecule has 34 heavy (non-hydrogen) atoms. The number of benzene rings is 1. The number of nitrogens with zero attached hydrogens (tertiary/aromatic N) is 2. The number of nitrogens with one attached hydrogen (secondary N) is 1. The molecule has 1 aromatic rings. The molecule has 1 aliphatic carbocycles. The Morgan fingerprint density at radius 1 is 1.26 bits per heavy atom. The summed E-state index contributed by atoms with van der Waals surface area (Å²) in [6.45, 7) is 5.64. The molecule has 4 atom stereocenters. The zero-order valence-electron chi connectivity index (χ0n) is 19.4. The summed E-state index contributed by atoms with van der Waals surface area (Å²) in [6.07, 6.45) is -1.65. The zero-order chi connectivity index (χ0) is 24.3. The second-order valence-corrected chi connectivity index (χ2v) is 10.3. The smallest absolute Gasteiger partial charge is 0.416 e. The number of hydroxylamine groups is 1. The van der Waals surface area contributed by atoms with Gasteiger partial charge in [-0.25, -0.2) is 5.48 Å². The minimum absolute atomic E-state index is 0.0332. The average molecular weight is 482 g/mol. The number of ether oxygens (including phenoxy) is 1. The first-order chi connectivity index (χ1) is 16.1. The molecule has 3 aliphatic heterocycles. The van der Waals surface area contributed by atoms with E-state index in [-0.39, 0.29) is 49.1 Å². The molecule has 0 radical (unpaired) electrons. The number of amides is 2. The van der Waals surface area contributed by atoms with Crippen LogP contribution < -0.4 is 10.2 Å². The van der Waals surface area contributed by atoms with Gasteiger partial charge in [-0.2, -0.15) is 13.2 Å². The van der Waals surface area contributed by atoms with Crippen molar-refractivity contribution in [3.05, 3.63) is 29.3 Å². The quantitative estimate of drug-likeness (QED) is 0.717. The van der Waals surface area contributed by atoms with Crippen LogP contribution in [0.3, 0.4) is 0 Å². The molecule has 4 aliphatic rings. The molecule has 1 saturated carbocycles. The van der Waals surface area contributed by atoms with Gasteiger partial charge in [0.15, 0.2) is 6.73 Å². The summed E-state index contributed by atoms with van der Waals surface area (Å²) in [6, 6.07) is 3.61. The number of carbonyl (C=O) groups is 2. The topological polar surface area (TPSA) is 71.1 Å². The van der Waals surface area contributed by atoms with Gasteiger partial charge in [0.2, 0.25) is 11.8 Å². The van der Waals surface area contributed by atoms with E-state index in [2.05, 4.69) is 10.4 Å². The largest absolute Gasteiger partial charge is 0.473 e. The maximum atomic E-state index is 13.8. The number of hydrogen-bond acceptors (Lipinski definition) is 5. The van der Waals surface area contributed by atoms with Crippen LogP contribution in [0.1, 0.15) is 50.7 Å². The van der Waals surface area contributed by atoms with Gasteiger partial charge in [0.05, 0.1) is 23.4 Å². The third kappa shape index (κ3) is 3.94. The molecule has 2 unspecified atom stereocenters. The normalized spacial score (nSPS) is 31.8. The second-order valence-electron chi connectivity index (χ2n) is 10.3. The molecule has 0 bridgehead atoms. The molecule has 0 aromatic heterocycles. The van der Waals surface area contributed by atoms with Crippen molar-refractivity contribution in [3.63, 3.8) is 0 Å². The van der Waals surface area contributed by atoms with Crippen LogP contribution >= 0.6 is 0 Å². The van der Waals surface area contributed by atoms with Crippen molar-refractivity contribution >= 4 is 11.8 Å². The van der Waals surface area contributed by atoms with Crippen LogP contribution in [0, 0.1) is 17.3 Å². The molecule has 2 saturated heterocycles. The van der Waals surface area contributed by atoms with E-state index in [0.29, 0.717) is 30.7 Å². The van der Waals surface area contributed by atoms with Gasteiger partial charge in [-0.1, -0.05) is 13.8 Å². The molecule has 10 heteroatoms. The van der Waals surface area contributed by atoms with Crippen molar-refractivity contribution in [2.45, 2.75) is 64.4 Å². The fraction of sp³-hybridized carbons (Fsp3) is 0.667. The van der Waals surface area contributed by atoms with Crippen LogP contribution in [0.5, 0.6) is 5.75 Å². The molecule has 1 N–H and O–H groups in total. The predicted octanol–water partition coefficient (Wildman–Crippen LogP) is 3.33.